The van der Waals surface area contributed by atoms with Gasteiger partial charge in [0.05, 0.1) is 7.11 Å². The standard InChI is InChI=1S/C15H26N2O/c1-11(2)15(4,10-16)17-9-13-7-6-12(3)14(8-13)18-5/h6-8,11,17H,9-10,16H2,1-5H3. The van der Waals surface area contributed by atoms with E-state index in [-0.39, 0.29) is 5.54 Å². The SMILES string of the molecule is COc1cc(CNC(C)(CN)C(C)C)ccc1C. The van der Waals surface area contributed by atoms with Crippen LogP contribution in [0.15, 0.2) is 18.2 Å². The van der Waals surface area contributed by atoms with Gasteiger partial charge in [-0.3, -0.25) is 0 Å². The molecule has 0 spiro atoms. The van der Waals surface area contributed by atoms with Crippen LogP contribution in [0.5, 0.6) is 5.75 Å². The highest BCUT2D eigenvalue weighted by molar-refractivity contribution is 5.36. The van der Waals surface area contributed by atoms with Gasteiger partial charge in [-0.1, -0.05) is 26.0 Å². The van der Waals surface area contributed by atoms with Crippen molar-refractivity contribution in [2.24, 2.45) is 11.7 Å². The van der Waals surface area contributed by atoms with Crippen LogP contribution in [0.2, 0.25) is 0 Å². The Morgan fingerprint density at radius 3 is 2.56 bits per heavy atom. The summed E-state index contributed by atoms with van der Waals surface area (Å²) in [5, 5.41) is 3.55. The first kappa shape index (κ1) is 15.0. The van der Waals surface area contributed by atoms with E-state index >= 15 is 0 Å². The first-order valence-corrected chi connectivity index (χ1v) is 6.51. The topological polar surface area (TPSA) is 47.3 Å². The largest absolute Gasteiger partial charge is 0.496 e. The lowest BCUT2D eigenvalue weighted by atomic mass is 9.88. The maximum atomic E-state index is 5.87. The van der Waals surface area contributed by atoms with E-state index in [9.17, 15) is 0 Å². The number of nitrogens with two attached hydrogens (primary N) is 1. The number of rotatable bonds is 6. The van der Waals surface area contributed by atoms with Crippen molar-refractivity contribution in [3.63, 3.8) is 0 Å². The molecule has 0 aromatic heterocycles. The fourth-order valence-corrected chi connectivity index (χ4v) is 1.79. The average Bonchev–Trinajstić information content (AvgIpc) is 2.37. The number of aryl methyl sites for hydroxylation is 1. The lowest BCUT2D eigenvalue weighted by Crippen LogP contribution is -2.52. The highest BCUT2D eigenvalue weighted by Gasteiger charge is 2.25. The predicted molar refractivity (Wildman–Crippen MR) is 76.9 cm³/mol. The monoisotopic (exact) mass is 250 g/mol. The molecule has 3 nitrogen and oxygen atoms in total. The molecule has 1 aromatic rings. The molecule has 3 N–H and O–H groups in total. The van der Waals surface area contributed by atoms with E-state index in [1.807, 2.05) is 6.92 Å². The first-order chi connectivity index (χ1) is 8.42. The number of hydrogen-bond donors (Lipinski definition) is 2. The molecule has 0 saturated heterocycles. The Bertz CT molecular complexity index is 390. The molecule has 1 rings (SSSR count). The van der Waals surface area contributed by atoms with E-state index in [1.54, 1.807) is 7.11 Å². The van der Waals surface area contributed by atoms with Gasteiger partial charge in [-0.05, 0) is 37.0 Å². The third-order valence-electron chi connectivity index (χ3n) is 3.87. The van der Waals surface area contributed by atoms with Crippen molar-refractivity contribution in [2.45, 2.75) is 39.8 Å². The summed E-state index contributed by atoms with van der Waals surface area (Å²) in [4.78, 5) is 0. The predicted octanol–water partition coefficient (Wildman–Crippen LogP) is 2.47. The number of benzene rings is 1. The summed E-state index contributed by atoms with van der Waals surface area (Å²) in [6.45, 7) is 10.0. The molecular weight excluding hydrogens is 224 g/mol. The third kappa shape index (κ3) is 3.47. The van der Waals surface area contributed by atoms with Gasteiger partial charge in [0.25, 0.3) is 0 Å². The van der Waals surface area contributed by atoms with Crippen LogP contribution in [0.4, 0.5) is 0 Å². The second-order valence-corrected chi connectivity index (χ2v) is 5.43. The van der Waals surface area contributed by atoms with Gasteiger partial charge in [0.2, 0.25) is 0 Å². The van der Waals surface area contributed by atoms with E-state index in [0.29, 0.717) is 12.5 Å². The Balaban J connectivity index is 2.74. The minimum Gasteiger partial charge on any atom is -0.496 e. The fraction of sp³-hybridized carbons (Fsp3) is 0.600. The molecule has 0 heterocycles. The van der Waals surface area contributed by atoms with Gasteiger partial charge < -0.3 is 15.8 Å². The smallest absolute Gasteiger partial charge is 0.122 e. The summed E-state index contributed by atoms with van der Waals surface area (Å²) in [7, 11) is 1.71. The van der Waals surface area contributed by atoms with Crippen molar-refractivity contribution in [3.05, 3.63) is 29.3 Å². The van der Waals surface area contributed by atoms with Gasteiger partial charge in [0.15, 0.2) is 0 Å². The van der Waals surface area contributed by atoms with Crippen LogP contribution in [0.3, 0.4) is 0 Å². The summed E-state index contributed by atoms with van der Waals surface area (Å²) in [5.41, 5.74) is 8.21. The molecule has 0 bridgehead atoms. The molecule has 0 aliphatic heterocycles. The summed E-state index contributed by atoms with van der Waals surface area (Å²) < 4.78 is 5.34. The van der Waals surface area contributed by atoms with Crippen molar-refractivity contribution in [1.29, 1.82) is 0 Å². The van der Waals surface area contributed by atoms with Crippen molar-refractivity contribution in [2.75, 3.05) is 13.7 Å². The van der Waals surface area contributed by atoms with Crippen LogP contribution < -0.4 is 15.8 Å². The van der Waals surface area contributed by atoms with E-state index in [0.717, 1.165) is 17.9 Å². The Hall–Kier alpha value is -1.06. The van der Waals surface area contributed by atoms with Crippen molar-refractivity contribution < 1.29 is 4.74 Å². The Morgan fingerprint density at radius 2 is 2.06 bits per heavy atom. The number of ether oxygens (including phenoxy) is 1. The highest BCUT2D eigenvalue weighted by atomic mass is 16.5. The lowest BCUT2D eigenvalue weighted by Gasteiger charge is -2.34. The quantitative estimate of drug-likeness (QED) is 0.815. The van der Waals surface area contributed by atoms with Crippen LogP contribution in [-0.4, -0.2) is 19.2 Å². The second-order valence-electron chi connectivity index (χ2n) is 5.43. The van der Waals surface area contributed by atoms with Crippen molar-refractivity contribution in [1.82, 2.24) is 5.32 Å². The zero-order chi connectivity index (χ0) is 13.8. The summed E-state index contributed by atoms with van der Waals surface area (Å²) in [6, 6.07) is 6.30. The fourth-order valence-electron chi connectivity index (χ4n) is 1.79. The zero-order valence-electron chi connectivity index (χ0n) is 12.2. The molecule has 1 aromatic carbocycles. The summed E-state index contributed by atoms with van der Waals surface area (Å²) >= 11 is 0. The van der Waals surface area contributed by atoms with Crippen LogP contribution in [0, 0.1) is 12.8 Å². The normalized spacial score (nSPS) is 14.6. The Morgan fingerprint density at radius 1 is 1.39 bits per heavy atom. The van der Waals surface area contributed by atoms with Gasteiger partial charge in [0.1, 0.15) is 5.75 Å². The molecule has 18 heavy (non-hydrogen) atoms. The maximum absolute atomic E-state index is 5.87. The molecule has 0 aliphatic carbocycles. The maximum Gasteiger partial charge on any atom is 0.122 e. The molecule has 3 heteroatoms. The Labute approximate surface area is 111 Å². The van der Waals surface area contributed by atoms with Gasteiger partial charge in [0, 0.05) is 18.6 Å². The molecule has 0 radical (unpaired) electrons. The number of hydrogen-bond acceptors (Lipinski definition) is 3. The molecule has 1 unspecified atom stereocenters. The van der Waals surface area contributed by atoms with Crippen LogP contribution in [0.25, 0.3) is 0 Å². The molecular formula is C15H26N2O. The molecule has 0 amide bonds. The molecule has 0 fully saturated rings. The van der Waals surface area contributed by atoms with Crippen LogP contribution in [-0.2, 0) is 6.54 Å². The van der Waals surface area contributed by atoms with Gasteiger partial charge in [-0.25, -0.2) is 0 Å². The van der Waals surface area contributed by atoms with Gasteiger partial charge >= 0.3 is 0 Å². The van der Waals surface area contributed by atoms with Crippen LogP contribution >= 0.6 is 0 Å². The van der Waals surface area contributed by atoms with E-state index < -0.39 is 0 Å². The minimum atomic E-state index is -0.0296. The molecule has 0 saturated carbocycles. The number of methoxy groups -OCH3 is 1. The Kier molecular flexibility index (Phi) is 5.17. The minimum absolute atomic E-state index is 0.0296. The third-order valence-corrected chi connectivity index (χ3v) is 3.87. The zero-order valence-corrected chi connectivity index (χ0v) is 12.2. The van der Waals surface area contributed by atoms with Crippen molar-refractivity contribution >= 4 is 0 Å². The van der Waals surface area contributed by atoms with E-state index in [1.165, 1.54) is 5.56 Å². The summed E-state index contributed by atoms with van der Waals surface area (Å²) in [6.07, 6.45) is 0. The highest BCUT2D eigenvalue weighted by Crippen LogP contribution is 2.20. The van der Waals surface area contributed by atoms with Crippen molar-refractivity contribution in [3.8, 4) is 5.75 Å². The molecule has 0 aliphatic rings. The van der Waals surface area contributed by atoms with Gasteiger partial charge in [-0.2, -0.15) is 0 Å². The van der Waals surface area contributed by atoms with Gasteiger partial charge in [-0.15, -0.1) is 0 Å². The average molecular weight is 250 g/mol. The lowest BCUT2D eigenvalue weighted by molar-refractivity contribution is 0.267. The van der Waals surface area contributed by atoms with E-state index in [4.69, 9.17) is 10.5 Å². The molecule has 102 valence electrons. The molecule has 1 atom stereocenters. The summed E-state index contributed by atoms with van der Waals surface area (Å²) in [5.74, 6) is 1.43. The van der Waals surface area contributed by atoms with E-state index in [2.05, 4.69) is 44.3 Å². The van der Waals surface area contributed by atoms with Crippen LogP contribution in [0.1, 0.15) is 31.9 Å². The number of nitrogens with one attached hydrogen (secondary N) is 1. The first-order valence-electron chi connectivity index (χ1n) is 6.51. The second kappa shape index (κ2) is 6.21.